The molecular formula is C13H20N2O2. The number of unbranched alkanes of at least 4 members (excludes halogenated alkanes) is 2. The molecule has 3 N–H and O–H groups in total. The number of nitrogens with one attached hydrogen (secondary N) is 1. The maximum atomic E-state index is 11.7. The number of hydrogen-bond acceptors (Lipinski definition) is 3. The van der Waals surface area contributed by atoms with E-state index in [0.717, 1.165) is 25.9 Å². The Labute approximate surface area is 102 Å². The lowest BCUT2D eigenvalue weighted by Gasteiger charge is -2.05. The summed E-state index contributed by atoms with van der Waals surface area (Å²) in [5, 5.41) is 2.87. The van der Waals surface area contributed by atoms with E-state index in [9.17, 15) is 4.79 Å². The summed E-state index contributed by atoms with van der Waals surface area (Å²) >= 11 is 0. The zero-order chi connectivity index (χ0) is 12.5. The third-order valence-corrected chi connectivity index (χ3v) is 2.48. The number of nitrogens with two attached hydrogens (primary N) is 1. The van der Waals surface area contributed by atoms with E-state index in [1.807, 2.05) is 0 Å². The van der Waals surface area contributed by atoms with Crippen molar-refractivity contribution in [2.75, 3.05) is 26.0 Å². The molecular weight excluding hydrogens is 216 g/mol. The number of rotatable bonds is 7. The minimum Gasteiger partial charge on any atom is -0.399 e. The molecule has 0 aromatic heterocycles. The van der Waals surface area contributed by atoms with Gasteiger partial charge in [-0.1, -0.05) is 0 Å². The molecule has 1 amide bonds. The van der Waals surface area contributed by atoms with E-state index in [1.54, 1.807) is 31.4 Å². The molecule has 0 unspecified atom stereocenters. The summed E-state index contributed by atoms with van der Waals surface area (Å²) in [4.78, 5) is 11.7. The third kappa shape index (κ3) is 5.36. The fourth-order valence-corrected chi connectivity index (χ4v) is 1.49. The Kier molecular flexibility index (Phi) is 6.10. The van der Waals surface area contributed by atoms with Gasteiger partial charge >= 0.3 is 0 Å². The quantitative estimate of drug-likeness (QED) is 0.560. The maximum absolute atomic E-state index is 11.7. The first-order valence-corrected chi connectivity index (χ1v) is 5.86. The normalized spacial score (nSPS) is 10.2. The van der Waals surface area contributed by atoms with Gasteiger partial charge < -0.3 is 15.8 Å². The summed E-state index contributed by atoms with van der Waals surface area (Å²) in [6.07, 6.45) is 3.08. The predicted molar refractivity (Wildman–Crippen MR) is 68.9 cm³/mol. The van der Waals surface area contributed by atoms with Crippen LogP contribution >= 0.6 is 0 Å². The van der Waals surface area contributed by atoms with E-state index in [2.05, 4.69) is 5.32 Å². The van der Waals surface area contributed by atoms with E-state index in [-0.39, 0.29) is 5.91 Å². The van der Waals surface area contributed by atoms with Crippen LogP contribution in [0.2, 0.25) is 0 Å². The molecule has 4 nitrogen and oxygen atoms in total. The van der Waals surface area contributed by atoms with Gasteiger partial charge in [-0.25, -0.2) is 0 Å². The second kappa shape index (κ2) is 7.68. The Balaban J connectivity index is 2.19. The lowest BCUT2D eigenvalue weighted by Crippen LogP contribution is -2.24. The number of carbonyl (C=O) groups is 1. The molecule has 17 heavy (non-hydrogen) atoms. The highest BCUT2D eigenvalue weighted by molar-refractivity contribution is 5.94. The van der Waals surface area contributed by atoms with Gasteiger partial charge in [0.05, 0.1) is 0 Å². The van der Waals surface area contributed by atoms with Crippen molar-refractivity contribution in [2.45, 2.75) is 19.3 Å². The molecule has 0 atom stereocenters. The highest BCUT2D eigenvalue weighted by atomic mass is 16.5. The zero-order valence-corrected chi connectivity index (χ0v) is 10.2. The number of ether oxygens (including phenoxy) is 1. The molecule has 1 aromatic rings. The van der Waals surface area contributed by atoms with Crippen molar-refractivity contribution in [2.24, 2.45) is 0 Å². The minimum absolute atomic E-state index is 0.0447. The van der Waals surface area contributed by atoms with Crippen molar-refractivity contribution < 1.29 is 9.53 Å². The van der Waals surface area contributed by atoms with E-state index < -0.39 is 0 Å². The molecule has 94 valence electrons. The summed E-state index contributed by atoms with van der Waals surface area (Å²) < 4.78 is 4.95. The van der Waals surface area contributed by atoms with E-state index in [4.69, 9.17) is 10.5 Å². The van der Waals surface area contributed by atoms with Gasteiger partial charge in [-0.05, 0) is 43.5 Å². The summed E-state index contributed by atoms with van der Waals surface area (Å²) in [5.74, 6) is -0.0447. The average molecular weight is 236 g/mol. The van der Waals surface area contributed by atoms with E-state index in [1.165, 1.54) is 0 Å². The summed E-state index contributed by atoms with van der Waals surface area (Å²) in [5.41, 5.74) is 6.87. The molecule has 0 spiro atoms. The Morgan fingerprint density at radius 3 is 2.59 bits per heavy atom. The van der Waals surface area contributed by atoms with Crippen LogP contribution in [0.1, 0.15) is 29.6 Å². The largest absolute Gasteiger partial charge is 0.399 e. The van der Waals surface area contributed by atoms with Crippen LogP contribution in [0.15, 0.2) is 24.3 Å². The number of anilines is 1. The second-order valence-corrected chi connectivity index (χ2v) is 3.93. The Bertz CT molecular complexity index is 336. The number of amides is 1. The molecule has 1 rings (SSSR count). The molecule has 0 radical (unpaired) electrons. The van der Waals surface area contributed by atoms with Gasteiger partial charge in [0.25, 0.3) is 5.91 Å². The van der Waals surface area contributed by atoms with Crippen molar-refractivity contribution in [3.63, 3.8) is 0 Å². The number of methoxy groups -OCH3 is 1. The highest BCUT2D eigenvalue weighted by Crippen LogP contribution is 2.05. The standard InChI is InChI=1S/C13H20N2O2/c1-17-10-4-2-3-9-15-13(16)11-5-7-12(14)8-6-11/h5-8H,2-4,9-10,14H2,1H3,(H,15,16). The van der Waals surface area contributed by atoms with Gasteiger partial charge in [0.1, 0.15) is 0 Å². The third-order valence-electron chi connectivity index (χ3n) is 2.48. The first-order chi connectivity index (χ1) is 8.24. The molecule has 0 saturated carbocycles. The molecule has 0 aliphatic carbocycles. The fourth-order valence-electron chi connectivity index (χ4n) is 1.49. The molecule has 0 heterocycles. The SMILES string of the molecule is COCCCCCNC(=O)c1ccc(N)cc1. The van der Waals surface area contributed by atoms with Crippen LogP contribution in [0.25, 0.3) is 0 Å². The van der Waals surface area contributed by atoms with Crippen LogP contribution in [0.3, 0.4) is 0 Å². The van der Waals surface area contributed by atoms with Crippen LogP contribution < -0.4 is 11.1 Å². The smallest absolute Gasteiger partial charge is 0.251 e. The number of hydrogen-bond donors (Lipinski definition) is 2. The molecule has 1 aromatic carbocycles. The van der Waals surface area contributed by atoms with Crippen LogP contribution in [-0.2, 0) is 4.74 Å². The van der Waals surface area contributed by atoms with Gasteiger partial charge in [0.2, 0.25) is 0 Å². The monoisotopic (exact) mass is 236 g/mol. The van der Waals surface area contributed by atoms with E-state index >= 15 is 0 Å². The first-order valence-electron chi connectivity index (χ1n) is 5.86. The van der Waals surface area contributed by atoms with Gasteiger partial charge in [0, 0.05) is 31.5 Å². The Hall–Kier alpha value is -1.55. The Morgan fingerprint density at radius 2 is 1.94 bits per heavy atom. The molecule has 0 aliphatic rings. The van der Waals surface area contributed by atoms with E-state index in [0.29, 0.717) is 17.8 Å². The molecule has 0 aliphatic heterocycles. The predicted octanol–water partition coefficient (Wildman–Crippen LogP) is 1.82. The lowest BCUT2D eigenvalue weighted by molar-refractivity contribution is 0.0952. The van der Waals surface area contributed by atoms with Gasteiger partial charge in [-0.2, -0.15) is 0 Å². The first kappa shape index (κ1) is 13.5. The lowest BCUT2D eigenvalue weighted by atomic mass is 10.2. The maximum Gasteiger partial charge on any atom is 0.251 e. The number of benzene rings is 1. The fraction of sp³-hybridized carbons (Fsp3) is 0.462. The summed E-state index contributed by atoms with van der Waals surface area (Å²) in [6, 6.07) is 6.92. The van der Waals surface area contributed by atoms with Gasteiger partial charge in [-0.3, -0.25) is 4.79 Å². The van der Waals surface area contributed by atoms with Crippen molar-refractivity contribution in [3.05, 3.63) is 29.8 Å². The number of nitrogen functional groups attached to an aromatic ring is 1. The molecule has 0 saturated heterocycles. The van der Waals surface area contributed by atoms with Crippen LogP contribution in [0.4, 0.5) is 5.69 Å². The highest BCUT2D eigenvalue weighted by Gasteiger charge is 2.03. The molecule has 4 heteroatoms. The van der Waals surface area contributed by atoms with Crippen molar-refractivity contribution >= 4 is 11.6 Å². The van der Waals surface area contributed by atoms with Crippen molar-refractivity contribution in [1.29, 1.82) is 0 Å². The molecule has 0 fully saturated rings. The molecule has 0 bridgehead atoms. The zero-order valence-electron chi connectivity index (χ0n) is 10.2. The van der Waals surface area contributed by atoms with Gasteiger partial charge in [0.15, 0.2) is 0 Å². The summed E-state index contributed by atoms with van der Waals surface area (Å²) in [7, 11) is 1.70. The van der Waals surface area contributed by atoms with Crippen molar-refractivity contribution in [3.8, 4) is 0 Å². The topological polar surface area (TPSA) is 64.3 Å². The second-order valence-electron chi connectivity index (χ2n) is 3.93. The van der Waals surface area contributed by atoms with Gasteiger partial charge in [-0.15, -0.1) is 0 Å². The van der Waals surface area contributed by atoms with Crippen molar-refractivity contribution in [1.82, 2.24) is 5.32 Å². The summed E-state index contributed by atoms with van der Waals surface area (Å²) in [6.45, 7) is 1.48. The number of carbonyl (C=O) groups excluding carboxylic acids is 1. The average Bonchev–Trinajstić information content (AvgIpc) is 2.34. The Morgan fingerprint density at radius 1 is 1.24 bits per heavy atom. The van der Waals surface area contributed by atoms with Crippen LogP contribution in [0, 0.1) is 0 Å². The minimum atomic E-state index is -0.0447. The van der Waals surface area contributed by atoms with Crippen LogP contribution in [0.5, 0.6) is 0 Å². The van der Waals surface area contributed by atoms with Crippen LogP contribution in [-0.4, -0.2) is 26.2 Å².